The van der Waals surface area contributed by atoms with Crippen LogP contribution in [0.15, 0.2) is 36.5 Å². The topological polar surface area (TPSA) is 78.3 Å². The van der Waals surface area contributed by atoms with Gasteiger partial charge in [0.15, 0.2) is 0 Å². The minimum absolute atomic E-state index is 0.0205. The summed E-state index contributed by atoms with van der Waals surface area (Å²) in [6.07, 6.45) is 3.65. The molecule has 3 aromatic rings. The summed E-state index contributed by atoms with van der Waals surface area (Å²) in [6.45, 7) is 8.36. The number of hydrogen-bond acceptors (Lipinski definition) is 6. The van der Waals surface area contributed by atoms with Crippen LogP contribution in [0.2, 0.25) is 0 Å². The molecule has 0 aliphatic carbocycles. The van der Waals surface area contributed by atoms with Crippen molar-refractivity contribution in [2.75, 3.05) is 50.5 Å². The number of piperazine rings is 1. The molecule has 0 radical (unpaired) electrons. The van der Waals surface area contributed by atoms with Gasteiger partial charge in [-0.05, 0) is 43.2 Å². The van der Waals surface area contributed by atoms with Crippen molar-refractivity contribution in [1.29, 1.82) is 0 Å². The van der Waals surface area contributed by atoms with Crippen molar-refractivity contribution in [3.8, 4) is 0 Å². The number of amides is 1. The zero-order valence-corrected chi connectivity index (χ0v) is 19.4. The van der Waals surface area contributed by atoms with Crippen LogP contribution in [0.3, 0.4) is 0 Å². The second kappa shape index (κ2) is 9.56. The average Bonchev–Trinajstić information content (AvgIpc) is 3.19. The molecule has 1 aromatic carbocycles. The fraction of sp³-hybridized carbons (Fsp3) is 0.458. The smallest absolute Gasteiger partial charge is 0.270 e. The number of carbonyl (C=O) groups is 1. The molecule has 0 bridgehead atoms. The van der Waals surface area contributed by atoms with Crippen molar-refractivity contribution in [3.05, 3.63) is 42.2 Å². The van der Waals surface area contributed by atoms with Gasteiger partial charge in [0.25, 0.3) is 5.91 Å². The zero-order chi connectivity index (χ0) is 22.7. The lowest BCUT2D eigenvalue weighted by Crippen LogP contribution is -2.43. The summed E-state index contributed by atoms with van der Waals surface area (Å²) in [7, 11) is 3.56. The Kier molecular flexibility index (Phi) is 6.60. The van der Waals surface area contributed by atoms with Gasteiger partial charge in [0.05, 0.1) is 0 Å². The number of hydrogen-bond donors (Lipinski definition) is 2. The standard InChI is InChI=1S/C24H33N7O/c1-5-19(6-2)31-21(23(32)29(3)4)15-17-16-26-24(28-22(17)31)27-18-7-9-20(10-8-18)30-13-11-25-12-14-30/h7-10,15-16,19,25H,5-6,11-14H2,1-4H3,(H,26,27,28). The first-order valence-corrected chi connectivity index (χ1v) is 11.4. The van der Waals surface area contributed by atoms with E-state index in [9.17, 15) is 4.79 Å². The number of fused-ring (bicyclic) bond motifs is 1. The average molecular weight is 436 g/mol. The number of anilines is 3. The molecule has 0 spiro atoms. The summed E-state index contributed by atoms with van der Waals surface area (Å²) >= 11 is 0. The van der Waals surface area contributed by atoms with Crippen LogP contribution in [-0.4, -0.2) is 65.6 Å². The molecule has 1 fully saturated rings. The maximum absolute atomic E-state index is 12.8. The molecule has 32 heavy (non-hydrogen) atoms. The van der Waals surface area contributed by atoms with E-state index in [-0.39, 0.29) is 11.9 Å². The van der Waals surface area contributed by atoms with E-state index in [1.165, 1.54) is 5.69 Å². The summed E-state index contributed by atoms with van der Waals surface area (Å²) in [5.41, 5.74) is 3.61. The Morgan fingerprint density at radius 1 is 1.16 bits per heavy atom. The number of benzene rings is 1. The number of nitrogens with one attached hydrogen (secondary N) is 2. The molecule has 0 unspecified atom stereocenters. The Labute approximate surface area is 189 Å². The van der Waals surface area contributed by atoms with Crippen LogP contribution >= 0.6 is 0 Å². The Hall–Kier alpha value is -3.13. The van der Waals surface area contributed by atoms with Gasteiger partial charge in [0.2, 0.25) is 5.95 Å². The lowest BCUT2D eigenvalue weighted by molar-refractivity contribution is 0.0815. The first kappa shape index (κ1) is 22.1. The molecule has 1 amide bonds. The summed E-state index contributed by atoms with van der Waals surface area (Å²) in [4.78, 5) is 26.2. The van der Waals surface area contributed by atoms with Gasteiger partial charge in [-0.1, -0.05) is 13.8 Å². The van der Waals surface area contributed by atoms with E-state index in [2.05, 4.69) is 63.2 Å². The van der Waals surface area contributed by atoms with E-state index in [1.807, 2.05) is 6.07 Å². The minimum atomic E-state index is -0.0205. The second-order valence-corrected chi connectivity index (χ2v) is 8.45. The van der Waals surface area contributed by atoms with Gasteiger partial charge in [-0.2, -0.15) is 4.98 Å². The third-order valence-electron chi connectivity index (χ3n) is 6.11. The van der Waals surface area contributed by atoms with Crippen molar-refractivity contribution < 1.29 is 4.79 Å². The Morgan fingerprint density at radius 3 is 2.47 bits per heavy atom. The Morgan fingerprint density at radius 2 is 1.84 bits per heavy atom. The quantitative estimate of drug-likeness (QED) is 0.590. The van der Waals surface area contributed by atoms with Crippen molar-refractivity contribution in [3.63, 3.8) is 0 Å². The molecule has 8 nitrogen and oxygen atoms in total. The summed E-state index contributed by atoms with van der Waals surface area (Å²) < 4.78 is 2.08. The van der Waals surface area contributed by atoms with Crippen LogP contribution < -0.4 is 15.5 Å². The fourth-order valence-corrected chi connectivity index (χ4v) is 4.29. The van der Waals surface area contributed by atoms with Gasteiger partial charge in [0.1, 0.15) is 11.3 Å². The molecule has 8 heteroatoms. The maximum Gasteiger partial charge on any atom is 0.270 e. The van der Waals surface area contributed by atoms with Crippen LogP contribution in [0, 0.1) is 0 Å². The Balaban J connectivity index is 1.64. The minimum Gasteiger partial charge on any atom is -0.369 e. The Bertz CT molecular complexity index is 1060. The molecular weight excluding hydrogens is 402 g/mol. The van der Waals surface area contributed by atoms with E-state index < -0.39 is 0 Å². The third-order valence-corrected chi connectivity index (χ3v) is 6.11. The highest BCUT2D eigenvalue weighted by molar-refractivity contribution is 5.97. The zero-order valence-electron chi connectivity index (χ0n) is 19.4. The third kappa shape index (κ3) is 4.41. The molecule has 1 aliphatic rings. The van der Waals surface area contributed by atoms with Crippen LogP contribution in [0.1, 0.15) is 43.2 Å². The molecule has 0 saturated carbocycles. The van der Waals surface area contributed by atoms with E-state index in [4.69, 9.17) is 4.98 Å². The predicted molar refractivity (Wildman–Crippen MR) is 130 cm³/mol. The molecule has 1 saturated heterocycles. The number of aromatic nitrogens is 3. The van der Waals surface area contributed by atoms with E-state index >= 15 is 0 Å². The van der Waals surface area contributed by atoms with Crippen LogP contribution in [0.5, 0.6) is 0 Å². The number of carbonyl (C=O) groups excluding carboxylic acids is 1. The lowest BCUT2D eigenvalue weighted by atomic mass is 10.1. The van der Waals surface area contributed by atoms with Crippen molar-refractivity contribution in [2.45, 2.75) is 32.7 Å². The predicted octanol–water partition coefficient (Wildman–Crippen LogP) is 3.65. The highest BCUT2D eigenvalue weighted by Gasteiger charge is 2.23. The number of nitrogens with zero attached hydrogens (tertiary/aromatic N) is 5. The van der Waals surface area contributed by atoms with Gasteiger partial charge in [-0.25, -0.2) is 4.98 Å². The SMILES string of the molecule is CCC(CC)n1c(C(=O)N(C)C)cc2cnc(Nc3ccc(N4CCNCC4)cc3)nc21. The van der Waals surface area contributed by atoms with Gasteiger partial charge in [-0.3, -0.25) is 4.79 Å². The maximum atomic E-state index is 12.8. The molecule has 0 atom stereocenters. The van der Waals surface area contributed by atoms with E-state index in [0.717, 1.165) is 55.7 Å². The molecule has 2 aromatic heterocycles. The molecule has 2 N–H and O–H groups in total. The largest absolute Gasteiger partial charge is 0.369 e. The van der Waals surface area contributed by atoms with E-state index in [1.54, 1.807) is 25.2 Å². The molecule has 4 rings (SSSR count). The molecular formula is C24H33N7O. The highest BCUT2D eigenvalue weighted by atomic mass is 16.2. The lowest BCUT2D eigenvalue weighted by Gasteiger charge is -2.29. The van der Waals surface area contributed by atoms with Gasteiger partial charge in [-0.15, -0.1) is 0 Å². The highest BCUT2D eigenvalue weighted by Crippen LogP contribution is 2.28. The van der Waals surface area contributed by atoms with Crippen molar-refractivity contribution in [2.24, 2.45) is 0 Å². The van der Waals surface area contributed by atoms with Crippen LogP contribution in [0.25, 0.3) is 11.0 Å². The molecule has 1 aliphatic heterocycles. The monoisotopic (exact) mass is 435 g/mol. The summed E-state index contributed by atoms with van der Waals surface area (Å²) in [5.74, 6) is 0.509. The van der Waals surface area contributed by atoms with E-state index in [0.29, 0.717) is 11.6 Å². The summed E-state index contributed by atoms with van der Waals surface area (Å²) in [5, 5.41) is 7.59. The molecule has 170 valence electrons. The second-order valence-electron chi connectivity index (χ2n) is 8.45. The van der Waals surface area contributed by atoms with Gasteiger partial charge >= 0.3 is 0 Å². The van der Waals surface area contributed by atoms with Crippen molar-refractivity contribution in [1.82, 2.24) is 24.8 Å². The number of rotatable bonds is 7. The van der Waals surface area contributed by atoms with Gasteiger partial charge in [0, 0.05) is 69.3 Å². The van der Waals surface area contributed by atoms with Gasteiger partial charge < -0.3 is 25.0 Å². The first-order valence-electron chi connectivity index (χ1n) is 11.4. The van der Waals surface area contributed by atoms with Crippen molar-refractivity contribution >= 4 is 34.3 Å². The van der Waals surface area contributed by atoms with Crippen LogP contribution in [0.4, 0.5) is 17.3 Å². The fourth-order valence-electron chi connectivity index (χ4n) is 4.29. The van der Waals surface area contributed by atoms with Crippen LogP contribution in [-0.2, 0) is 0 Å². The summed E-state index contributed by atoms with van der Waals surface area (Å²) in [6, 6.07) is 10.5. The normalized spacial score (nSPS) is 14.2. The first-order chi connectivity index (χ1) is 15.5. The molecule has 3 heterocycles.